The van der Waals surface area contributed by atoms with E-state index >= 15 is 0 Å². The molecule has 0 saturated heterocycles. The SMILES string of the molecule is CCC(=Cc1ccccc1)C1C[C@@H]1NC1CCC(NCc2cnn(CC(=O)O)c2)CC1. The third kappa shape index (κ3) is 6.28. The van der Waals surface area contributed by atoms with E-state index < -0.39 is 5.97 Å². The topological polar surface area (TPSA) is 79.2 Å². The van der Waals surface area contributed by atoms with Crippen LogP contribution in [0.15, 0.2) is 48.3 Å². The van der Waals surface area contributed by atoms with Gasteiger partial charge in [-0.25, -0.2) is 0 Å². The lowest BCUT2D eigenvalue weighted by atomic mass is 9.91. The molecule has 1 aromatic carbocycles. The van der Waals surface area contributed by atoms with Crippen molar-refractivity contribution in [1.82, 2.24) is 20.4 Å². The Morgan fingerprint density at radius 1 is 1.19 bits per heavy atom. The maximum atomic E-state index is 10.8. The van der Waals surface area contributed by atoms with Crippen LogP contribution in [0.2, 0.25) is 0 Å². The normalized spacial score (nSPS) is 26.0. The zero-order valence-corrected chi connectivity index (χ0v) is 18.3. The summed E-state index contributed by atoms with van der Waals surface area (Å²) in [5.74, 6) is -0.170. The van der Waals surface area contributed by atoms with Crippen LogP contribution in [-0.2, 0) is 17.9 Å². The fourth-order valence-corrected chi connectivity index (χ4v) is 4.78. The summed E-state index contributed by atoms with van der Waals surface area (Å²) in [6, 6.07) is 12.5. The van der Waals surface area contributed by atoms with Crippen molar-refractivity contribution >= 4 is 12.0 Å². The van der Waals surface area contributed by atoms with E-state index in [-0.39, 0.29) is 6.54 Å². The Bertz CT molecular complexity index is 884. The average molecular weight is 423 g/mol. The third-order valence-electron chi connectivity index (χ3n) is 6.58. The van der Waals surface area contributed by atoms with Crippen LogP contribution in [0.4, 0.5) is 0 Å². The van der Waals surface area contributed by atoms with E-state index in [2.05, 4.69) is 59.1 Å². The summed E-state index contributed by atoms with van der Waals surface area (Å²) in [7, 11) is 0. The van der Waals surface area contributed by atoms with Crippen LogP contribution in [0.25, 0.3) is 6.08 Å². The second-order valence-corrected chi connectivity index (χ2v) is 8.97. The zero-order valence-electron chi connectivity index (χ0n) is 18.3. The fourth-order valence-electron chi connectivity index (χ4n) is 4.78. The first-order valence-corrected chi connectivity index (χ1v) is 11.6. The first-order valence-electron chi connectivity index (χ1n) is 11.6. The Morgan fingerprint density at radius 3 is 2.65 bits per heavy atom. The molecular weight excluding hydrogens is 388 g/mol. The van der Waals surface area contributed by atoms with Gasteiger partial charge in [0.2, 0.25) is 0 Å². The van der Waals surface area contributed by atoms with Crippen LogP contribution in [0.3, 0.4) is 0 Å². The molecule has 2 aliphatic carbocycles. The molecule has 1 aromatic heterocycles. The predicted molar refractivity (Wildman–Crippen MR) is 122 cm³/mol. The van der Waals surface area contributed by atoms with Crippen molar-refractivity contribution in [2.24, 2.45) is 5.92 Å². The van der Waals surface area contributed by atoms with Crippen LogP contribution in [0, 0.1) is 5.92 Å². The van der Waals surface area contributed by atoms with Gasteiger partial charge in [-0.3, -0.25) is 9.48 Å². The van der Waals surface area contributed by atoms with Gasteiger partial charge in [-0.2, -0.15) is 5.10 Å². The molecule has 2 fully saturated rings. The number of benzene rings is 1. The standard InChI is InChI=1S/C25H34N4O2/c1-2-20(12-18-6-4-3-5-7-18)23-13-24(23)28-22-10-8-21(9-11-22)26-14-19-15-27-29(16-19)17-25(30)31/h3-7,12,15-16,21-24,26,28H,2,8-11,13-14,17H2,1H3,(H,30,31)/t21?,22?,23?,24-/m0/s1. The van der Waals surface area contributed by atoms with E-state index in [1.165, 1.54) is 42.3 Å². The summed E-state index contributed by atoms with van der Waals surface area (Å²) in [5, 5.41) is 20.5. The molecule has 6 heteroatoms. The highest BCUT2D eigenvalue weighted by molar-refractivity contribution is 5.66. The summed E-state index contributed by atoms with van der Waals surface area (Å²) < 4.78 is 1.48. The van der Waals surface area contributed by atoms with Crippen molar-refractivity contribution in [2.45, 2.75) is 76.7 Å². The van der Waals surface area contributed by atoms with Crippen LogP contribution < -0.4 is 10.6 Å². The number of rotatable bonds is 10. The van der Waals surface area contributed by atoms with Crippen molar-refractivity contribution in [3.63, 3.8) is 0 Å². The molecule has 166 valence electrons. The summed E-state index contributed by atoms with van der Waals surface area (Å²) in [6.45, 7) is 2.93. The molecule has 1 heterocycles. The molecule has 3 N–H and O–H groups in total. The number of aliphatic carboxylic acids is 1. The van der Waals surface area contributed by atoms with Crippen LogP contribution in [0.1, 0.15) is 56.6 Å². The maximum Gasteiger partial charge on any atom is 0.325 e. The Morgan fingerprint density at radius 2 is 1.94 bits per heavy atom. The van der Waals surface area contributed by atoms with E-state index in [9.17, 15) is 4.79 Å². The summed E-state index contributed by atoms with van der Waals surface area (Å²) in [6.07, 6.45) is 13.1. The lowest BCUT2D eigenvalue weighted by Gasteiger charge is -2.30. The minimum absolute atomic E-state index is 0.0841. The van der Waals surface area contributed by atoms with Crippen molar-refractivity contribution in [2.75, 3.05) is 0 Å². The van der Waals surface area contributed by atoms with Gasteiger partial charge in [-0.1, -0.05) is 48.9 Å². The molecular formula is C25H34N4O2. The minimum Gasteiger partial charge on any atom is -0.480 e. The van der Waals surface area contributed by atoms with E-state index in [0.29, 0.717) is 24.0 Å². The van der Waals surface area contributed by atoms with Crippen molar-refractivity contribution < 1.29 is 9.90 Å². The van der Waals surface area contributed by atoms with Gasteiger partial charge in [0.05, 0.1) is 6.20 Å². The Kier molecular flexibility index (Phi) is 7.20. The minimum atomic E-state index is -0.868. The van der Waals surface area contributed by atoms with Gasteiger partial charge < -0.3 is 15.7 Å². The molecule has 0 spiro atoms. The first kappa shape index (κ1) is 21.8. The monoisotopic (exact) mass is 422 g/mol. The lowest BCUT2D eigenvalue weighted by molar-refractivity contribution is -0.137. The number of aromatic nitrogens is 2. The Labute approximate surface area is 184 Å². The average Bonchev–Trinajstić information content (AvgIpc) is 3.39. The largest absolute Gasteiger partial charge is 0.480 e. The Balaban J connectivity index is 1.17. The smallest absolute Gasteiger partial charge is 0.325 e. The highest BCUT2D eigenvalue weighted by atomic mass is 16.4. The number of hydrogen-bond acceptors (Lipinski definition) is 4. The van der Waals surface area contributed by atoms with Crippen molar-refractivity contribution in [3.05, 3.63) is 59.4 Å². The molecule has 0 aliphatic heterocycles. The zero-order chi connectivity index (χ0) is 21.6. The lowest BCUT2D eigenvalue weighted by Crippen LogP contribution is -2.40. The summed E-state index contributed by atoms with van der Waals surface area (Å²) in [5.41, 5.74) is 3.92. The van der Waals surface area contributed by atoms with Crippen LogP contribution in [0.5, 0.6) is 0 Å². The molecule has 4 rings (SSSR count). The van der Waals surface area contributed by atoms with Gasteiger partial charge in [-0.05, 0) is 50.0 Å². The van der Waals surface area contributed by atoms with E-state index in [0.717, 1.165) is 18.5 Å². The van der Waals surface area contributed by atoms with E-state index in [1.807, 2.05) is 6.20 Å². The summed E-state index contributed by atoms with van der Waals surface area (Å²) >= 11 is 0. The Hall–Kier alpha value is -2.44. The third-order valence-corrected chi connectivity index (χ3v) is 6.58. The number of carboxylic acids is 1. The molecule has 31 heavy (non-hydrogen) atoms. The van der Waals surface area contributed by atoms with E-state index in [4.69, 9.17) is 5.11 Å². The second kappa shape index (κ2) is 10.2. The highest BCUT2D eigenvalue weighted by Gasteiger charge is 2.40. The number of nitrogens with one attached hydrogen (secondary N) is 2. The van der Waals surface area contributed by atoms with Crippen LogP contribution >= 0.6 is 0 Å². The fraction of sp³-hybridized carbons (Fsp3) is 0.520. The number of hydrogen-bond donors (Lipinski definition) is 3. The molecule has 0 amide bonds. The molecule has 0 bridgehead atoms. The van der Waals surface area contributed by atoms with Gasteiger partial charge in [0.15, 0.2) is 0 Å². The molecule has 2 saturated carbocycles. The molecule has 2 atom stereocenters. The highest BCUT2D eigenvalue weighted by Crippen LogP contribution is 2.40. The van der Waals surface area contributed by atoms with Gasteiger partial charge in [0.25, 0.3) is 0 Å². The number of nitrogens with zero attached hydrogens (tertiary/aromatic N) is 2. The summed E-state index contributed by atoms with van der Waals surface area (Å²) in [4.78, 5) is 10.8. The maximum absolute atomic E-state index is 10.8. The number of carbonyl (C=O) groups is 1. The first-order chi connectivity index (χ1) is 15.1. The molecule has 0 radical (unpaired) electrons. The number of carboxylic acid groups (broad SMARTS) is 1. The van der Waals surface area contributed by atoms with Gasteiger partial charge >= 0.3 is 5.97 Å². The van der Waals surface area contributed by atoms with Crippen LogP contribution in [-0.4, -0.2) is 39.0 Å². The second-order valence-electron chi connectivity index (χ2n) is 8.97. The molecule has 2 aromatic rings. The quantitative estimate of drug-likeness (QED) is 0.542. The van der Waals surface area contributed by atoms with Gasteiger partial charge in [-0.15, -0.1) is 0 Å². The molecule has 2 aliphatic rings. The van der Waals surface area contributed by atoms with Gasteiger partial charge in [0.1, 0.15) is 6.54 Å². The van der Waals surface area contributed by atoms with Crippen molar-refractivity contribution in [3.8, 4) is 0 Å². The van der Waals surface area contributed by atoms with E-state index in [1.54, 1.807) is 11.8 Å². The van der Waals surface area contributed by atoms with Crippen molar-refractivity contribution in [1.29, 1.82) is 0 Å². The van der Waals surface area contributed by atoms with Gasteiger partial charge in [0, 0.05) is 36.4 Å². The predicted octanol–water partition coefficient (Wildman–Crippen LogP) is 3.84. The molecule has 6 nitrogen and oxygen atoms in total. The molecule has 1 unspecified atom stereocenters.